The fraction of sp³-hybridized carbons (Fsp3) is 0.462. The molecule has 1 saturated heterocycles. The molecule has 1 aliphatic rings. The number of rotatable bonds is 5. The number of nitrogens with zero attached hydrogens (tertiary/aromatic N) is 5. The molecule has 0 aliphatic carbocycles. The highest BCUT2D eigenvalue weighted by atomic mass is 79.9. The predicted molar refractivity (Wildman–Crippen MR) is 89.7 cm³/mol. The quantitative estimate of drug-likeness (QED) is 0.564. The van der Waals surface area contributed by atoms with Gasteiger partial charge in [-0.05, 0) is 11.3 Å². The Morgan fingerprint density at radius 1 is 1.50 bits per heavy atom. The molecule has 24 heavy (non-hydrogen) atoms. The number of tetrazole rings is 1. The number of halogens is 1. The number of ether oxygens (including phenoxy) is 1. The van der Waals surface area contributed by atoms with Crippen molar-refractivity contribution in [2.45, 2.75) is 12.1 Å². The van der Waals surface area contributed by atoms with Crippen LogP contribution in [-0.2, 0) is 11.8 Å². The van der Waals surface area contributed by atoms with Gasteiger partial charge in [-0.1, -0.05) is 15.9 Å². The first-order valence-corrected chi connectivity index (χ1v) is 8.01. The second-order valence-electron chi connectivity index (χ2n) is 5.39. The summed E-state index contributed by atoms with van der Waals surface area (Å²) in [6.45, 7) is 1.32. The number of nitrogens with one attached hydrogen (secondary N) is 2. The molecule has 0 spiro atoms. The molecular weight excluding hydrogens is 382 g/mol. The van der Waals surface area contributed by atoms with Crippen molar-refractivity contribution in [1.82, 2.24) is 25.5 Å². The number of anilines is 1. The number of hydrogen-bond donors (Lipinski definition) is 2. The van der Waals surface area contributed by atoms with Crippen LogP contribution in [0.1, 0.15) is 0 Å². The molecule has 0 unspecified atom stereocenters. The van der Waals surface area contributed by atoms with Crippen molar-refractivity contribution >= 4 is 27.3 Å². The number of hydrogen-bond acceptors (Lipinski definition) is 8. The first kappa shape index (κ1) is 16.7. The monoisotopic (exact) mass is 397 g/mol. The topological polar surface area (TPSA) is 120 Å². The Morgan fingerprint density at radius 2 is 2.29 bits per heavy atom. The van der Waals surface area contributed by atoms with Crippen molar-refractivity contribution in [3.05, 3.63) is 26.7 Å². The van der Waals surface area contributed by atoms with E-state index in [1.807, 2.05) is 0 Å². The molecule has 1 aromatic carbocycles. The van der Waals surface area contributed by atoms with Crippen molar-refractivity contribution in [3.8, 4) is 11.4 Å². The first-order valence-electron chi connectivity index (χ1n) is 7.22. The molecule has 0 radical (unpaired) electrons. The van der Waals surface area contributed by atoms with E-state index in [1.165, 1.54) is 10.9 Å². The summed E-state index contributed by atoms with van der Waals surface area (Å²) in [5.74, 6) is 0.310. The number of benzene rings is 1. The SMILES string of the molecule is CO[C@H]1CNC[C@@H]1Nc1c(-c2nnn(C)n2)cc(Br)cc1[N+](=O)[O-]. The van der Waals surface area contributed by atoms with Crippen LogP contribution in [-0.4, -0.2) is 57.5 Å². The second kappa shape index (κ2) is 6.79. The smallest absolute Gasteiger partial charge is 0.294 e. The standard InChI is InChI=1S/C13H16BrN7O3/c1-20-18-13(17-19-20)8-3-7(14)4-10(21(22)23)12(8)16-9-5-15-6-11(9)24-2/h3-4,9,11,15-16H,5-6H2,1-2H3/t9-,11-/m0/s1. The lowest BCUT2D eigenvalue weighted by Crippen LogP contribution is -2.34. The van der Waals surface area contributed by atoms with Crippen LogP contribution in [0, 0.1) is 10.1 Å². The third-order valence-electron chi connectivity index (χ3n) is 3.82. The molecule has 1 fully saturated rings. The zero-order valence-corrected chi connectivity index (χ0v) is 14.6. The zero-order chi connectivity index (χ0) is 17.3. The van der Waals surface area contributed by atoms with Crippen molar-refractivity contribution in [3.63, 3.8) is 0 Å². The van der Waals surface area contributed by atoms with Crippen LogP contribution in [0.4, 0.5) is 11.4 Å². The molecule has 11 heteroatoms. The molecule has 2 N–H and O–H groups in total. The molecule has 128 valence electrons. The minimum Gasteiger partial charge on any atom is -0.378 e. The van der Waals surface area contributed by atoms with Gasteiger partial charge < -0.3 is 15.4 Å². The Balaban J connectivity index is 2.08. The number of aryl methyl sites for hydroxylation is 1. The van der Waals surface area contributed by atoms with E-state index in [4.69, 9.17) is 4.74 Å². The van der Waals surface area contributed by atoms with Crippen LogP contribution in [0.5, 0.6) is 0 Å². The normalized spacial score (nSPS) is 20.3. The minimum atomic E-state index is -0.433. The van der Waals surface area contributed by atoms with E-state index in [2.05, 4.69) is 42.0 Å². The van der Waals surface area contributed by atoms with Crippen LogP contribution in [0.25, 0.3) is 11.4 Å². The van der Waals surface area contributed by atoms with Gasteiger partial charge in [0.25, 0.3) is 5.69 Å². The summed E-state index contributed by atoms with van der Waals surface area (Å²) in [5, 5.41) is 29.9. The Labute approximate surface area is 145 Å². The lowest BCUT2D eigenvalue weighted by Gasteiger charge is -2.21. The Bertz CT molecular complexity index is 766. The van der Waals surface area contributed by atoms with Crippen LogP contribution in [0.3, 0.4) is 0 Å². The average molecular weight is 398 g/mol. The molecule has 0 amide bonds. The summed E-state index contributed by atoms with van der Waals surface area (Å²) in [6.07, 6.45) is -0.0871. The van der Waals surface area contributed by atoms with E-state index < -0.39 is 4.92 Å². The van der Waals surface area contributed by atoms with Gasteiger partial charge in [0.1, 0.15) is 5.69 Å². The third-order valence-corrected chi connectivity index (χ3v) is 4.28. The Hall–Kier alpha value is -2.11. The van der Waals surface area contributed by atoms with Gasteiger partial charge in [-0.3, -0.25) is 10.1 Å². The van der Waals surface area contributed by atoms with Gasteiger partial charge in [0, 0.05) is 30.7 Å². The van der Waals surface area contributed by atoms with Gasteiger partial charge in [0.2, 0.25) is 5.82 Å². The van der Waals surface area contributed by atoms with E-state index >= 15 is 0 Å². The van der Waals surface area contributed by atoms with Gasteiger partial charge in [-0.2, -0.15) is 4.80 Å². The van der Waals surface area contributed by atoms with E-state index in [0.717, 1.165) is 0 Å². The van der Waals surface area contributed by atoms with Gasteiger partial charge >= 0.3 is 0 Å². The van der Waals surface area contributed by atoms with Crippen molar-refractivity contribution in [2.24, 2.45) is 7.05 Å². The highest BCUT2D eigenvalue weighted by Gasteiger charge is 2.31. The second-order valence-corrected chi connectivity index (χ2v) is 6.31. The molecule has 10 nitrogen and oxygen atoms in total. The summed E-state index contributed by atoms with van der Waals surface area (Å²) in [5.41, 5.74) is 0.798. The molecule has 1 aromatic heterocycles. The maximum Gasteiger partial charge on any atom is 0.294 e. The highest BCUT2D eigenvalue weighted by molar-refractivity contribution is 9.10. The van der Waals surface area contributed by atoms with E-state index in [1.54, 1.807) is 20.2 Å². The molecular formula is C13H16BrN7O3. The lowest BCUT2D eigenvalue weighted by atomic mass is 10.1. The molecule has 2 aromatic rings. The summed E-state index contributed by atoms with van der Waals surface area (Å²) in [6, 6.07) is 3.08. The first-order chi connectivity index (χ1) is 11.5. The number of nitro benzene ring substituents is 1. The summed E-state index contributed by atoms with van der Waals surface area (Å²) >= 11 is 3.31. The molecule has 0 bridgehead atoms. The predicted octanol–water partition coefficient (Wildman–Crippen LogP) is 0.947. The zero-order valence-electron chi connectivity index (χ0n) is 13.1. The Kier molecular flexibility index (Phi) is 4.73. The highest BCUT2D eigenvalue weighted by Crippen LogP contribution is 2.38. The molecule has 2 atom stereocenters. The van der Waals surface area contributed by atoms with E-state index in [-0.39, 0.29) is 17.8 Å². The number of aromatic nitrogens is 4. The third kappa shape index (κ3) is 3.23. The van der Waals surface area contributed by atoms with Gasteiger partial charge in [-0.25, -0.2) is 0 Å². The van der Waals surface area contributed by atoms with Crippen molar-refractivity contribution in [1.29, 1.82) is 0 Å². The summed E-state index contributed by atoms with van der Waals surface area (Å²) in [7, 11) is 3.26. The lowest BCUT2D eigenvalue weighted by molar-refractivity contribution is -0.384. The average Bonchev–Trinajstić information content (AvgIpc) is 3.17. The minimum absolute atomic E-state index is 0.0615. The van der Waals surface area contributed by atoms with Crippen LogP contribution >= 0.6 is 15.9 Å². The largest absolute Gasteiger partial charge is 0.378 e. The van der Waals surface area contributed by atoms with Crippen molar-refractivity contribution < 1.29 is 9.66 Å². The van der Waals surface area contributed by atoms with Crippen molar-refractivity contribution in [2.75, 3.05) is 25.5 Å². The van der Waals surface area contributed by atoms with Gasteiger partial charge in [0.05, 0.1) is 29.7 Å². The molecule has 3 rings (SSSR count). The van der Waals surface area contributed by atoms with E-state index in [0.29, 0.717) is 34.6 Å². The Morgan fingerprint density at radius 3 is 2.92 bits per heavy atom. The number of nitro groups is 1. The molecule has 0 saturated carbocycles. The molecule has 1 aliphatic heterocycles. The summed E-state index contributed by atoms with van der Waals surface area (Å²) < 4.78 is 5.98. The summed E-state index contributed by atoms with van der Waals surface area (Å²) in [4.78, 5) is 12.4. The molecule has 2 heterocycles. The fourth-order valence-corrected chi connectivity index (χ4v) is 3.13. The van der Waals surface area contributed by atoms with Crippen LogP contribution in [0.15, 0.2) is 16.6 Å². The van der Waals surface area contributed by atoms with Gasteiger partial charge in [0.15, 0.2) is 0 Å². The number of methoxy groups -OCH3 is 1. The van der Waals surface area contributed by atoms with E-state index in [9.17, 15) is 10.1 Å². The maximum atomic E-state index is 11.5. The maximum absolute atomic E-state index is 11.5. The van der Waals surface area contributed by atoms with Crippen LogP contribution < -0.4 is 10.6 Å². The van der Waals surface area contributed by atoms with Crippen LogP contribution in [0.2, 0.25) is 0 Å². The van der Waals surface area contributed by atoms with Gasteiger partial charge in [-0.15, -0.1) is 10.2 Å². The fourth-order valence-electron chi connectivity index (χ4n) is 2.69.